The molecule has 3 rings (SSSR count). The van der Waals surface area contributed by atoms with E-state index in [-0.39, 0.29) is 0 Å². The van der Waals surface area contributed by atoms with E-state index in [1.54, 1.807) is 0 Å². The fraction of sp³-hybridized carbons (Fsp3) is 0.500. The average Bonchev–Trinajstić information content (AvgIpc) is 3.18. The molecule has 21 heavy (non-hydrogen) atoms. The van der Waals surface area contributed by atoms with Crippen LogP contribution in [0.25, 0.3) is 0 Å². The van der Waals surface area contributed by atoms with E-state index in [2.05, 4.69) is 39.2 Å². The summed E-state index contributed by atoms with van der Waals surface area (Å²) in [6.07, 6.45) is 6.15. The molecule has 112 valence electrons. The molecular formula is C16H21N3OS. The molecule has 0 aliphatic carbocycles. The lowest BCUT2D eigenvalue weighted by Crippen LogP contribution is -2.23. The Labute approximate surface area is 129 Å². The first-order valence-corrected chi connectivity index (χ1v) is 8.35. The summed E-state index contributed by atoms with van der Waals surface area (Å²) in [5.74, 6) is 1.06. The van der Waals surface area contributed by atoms with Gasteiger partial charge in [0.15, 0.2) is 0 Å². The summed E-state index contributed by atoms with van der Waals surface area (Å²) in [5, 5.41) is 3.57. The first-order valence-electron chi connectivity index (χ1n) is 7.62. The molecule has 2 aromatic rings. The fourth-order valence-electron chi connectivity index (χ4n) is 2.70. The highest BCUT2D eigenvalue weighted by molar-refractivity contribution is 6.99. The Hall–Kier alpha value is -1.46. The molecule has 1 aliphatic heterocycles. The lowest BCUT2D eigenvalue weighted by molar-refractivity contribution is 0.357. The number of fused-ring (bicyclic) bond motifs is 1. The number of nitrogens with one attached hydrogen (secondary N) is 1. The van der Waals surface area contributed by atoms with E-state index in [1.165, 1.54) is 22.9 Å². The Morgan fingerprint density at radius 3 is 3.19 bits per heavy atom. The number of aromatic nitrogens is 2. The largest absolute Gasteiger partial charge is 0.493 e. The lowest BCUT2D eigenvalue weighted by Gasteiger charge is -2.16. The van der Waals surface area contributed by atoms with Gasteiger partial charge >= 0.3 is 0 Å². The van der Waals surface area contributed by atoms with E-state index in [0.29, 0.717) is 6.04 Å². The molecule has 0 bridgehead atoms. The van der Waals surface area contributed by atoms with Gasteiger partial charge in [-0.2, -0.15) is 8.75 Å². The van der Waals surface area contributed by atoms with Crippen LogP contribution in [0.15, 0.2) is 24.4 Å². The molecule has 5 heteroatoms. The van der Waals surface area contributed by atoms with Crippen LogP contribution in [-0.4, -0.2) is 21.9 Å². The summed E-state index contributed by atoms with van der Waals surface area (Å²) in [6, 6.07) is 6.88. The van der Waals surface area contributed by atoms with Crippen molar-refractivity contribution in [2.45, 2.75) is 38.6 Å². The predicted molar refractivity (Wildman–Crippen MR) is 84.9 cm³/mol. The Bertz CT molecular complexity index is 571. The summed E-state index contributed by atoms with van der Waals surface area (Å²) >= 11 is 1.28. The Morgan fingerprint density at radius 1 is 1.43 bits per heavy atom. The number of hydrogen-bond donors (Lipinski definition) is 1. The van der Waals surface area contributed by atoms with Crippen molar-refractivity contribution in [2.75, 3.05) is 13.2 Å². The molecule has 0 saturated carbocycles. The predicted octanol–water partition coefficient (Wildman–Crippen LogP) is 3.15. The molecule has 1 aromatic carbocycles. The van der Waals surface area contributed by atoms with Crippen LogP contribution < -0.4 is 10.1 Å². The maximum atomic E-state index is 5.56. The minimum atomic E-state index is 0.299. The summed E-state index contributed by atoms with van der Waals surface area (Å²) < 4.78 is 14.1. The highest BCUT2D eigenvalue weighted by atomic mass is 32.1. The fourth-order valence-corrected chi connectivity index (χ4v) is 3.18. The second-order valence-electron chi connectivity index (χ2n) is 5.42. The van der Waals surface area contributed by atoms with Gasteiger partial charge in [0.2, 0.25) is 0 Å². The van der Waals surface area contributed by atoms with Gasteiger partial charge in [0.05, 0.1) is 36.3 Å². The van der Waals surface area contributed by atoms with Crippen LogP contribution in [0, 0.1) is 0 Å². The Balaban J connectivity index is 1.63. The van der Waals surface area contributed by atoms with Crippen LogP contribution in [-0.2, 0) is 12.8 Å². The van der Waals surface area contributed by atoms with Gasteiger partial charge in [-0.05, 0) is 43.0 Å². The van der Waals surface area contributed by atoms with Gasteiger partial charge in [-0.1, -0.05) is 19.1 Å². The van der Waals surface area contributed by atoms with Crippen LogP contribution in [0.1, 0.15) is 42.6 Å². The quantitative estimate of drug-likeness (QED) is 0.853. The molecule has 0 radical (unpaired) electrons. The summed E-state index contributed by atoms with van der Waals surface area (Å²) in [7, 11) is 0. The van der Waals surface area contributed by atoms with Crippen molar-refractivity contribution in [1.29, 1.82) is 0 Å². The van der Waals surface area contributed by atoms with Gasteiger partial charge in [0.1, 0.15) is 5.75 Å². The minimum Gasteiger partial charge on any atom is -0.493 e. The van der Waals surface area contributed by atoms with E-state index in [9.17, 15) is 0 Å². The minimum absolute atomic E-state index is 0.299. The monoisotopic (exact) mass is 303 g/mol. The van der Waals surface area contributed by atoms with Crippen molar-refractivity contribution < 1.29 is 4.74 Å². The van der Waals surface area contributed by atoms with E-state index in [1.807, 2.05) is 6.20 Å². The smallest absolute Gasteiger partial charge is 0.122 e. The zero-order valence-electron chi connectivity index (χ0n) is 12.3. The van der Waals surface area contributed by atoms with Gasteiger partial charge in [-0.25, -0.2) is 0 Å². The van der Waals surface area contributed by atoms with Crippen LogP contribution in [0.3, 0.4) is 0 Å². The van der Waals surface area contributed by atoms with Gasteiger partial charge in [-0.15, -0.1) is 0 Å². The number of ether oxygens (including phenoxy) is 1. The SMILES string of the molecule is CCCNC(CCc1ccc2c(c1)CCO2)c1cnsn1. The average molecular weight is 303 g/mol. The first-order chi connectivity index (χ1) is 10.4. The van der Waals surface area contributed by atoms with Crippen molar-refractivity contribution in [3.8, 4) is 5.75 Å². The number of nitrogens with zero attached hydrogens (tertiary/aromatic N) is 2. The van der Waals surface area contributed by atoms with Gasteiger partial charge in [0, 0.05) is 6.42 Å². The zero-order valence-corrected chi connectivity index (χ0v) is 13.2. The van der Waals surface area contributed by atoms with E-state index >= 15 is 0 Å². The van der Waals surface area contributed by atoms with Crippen molar-refractivity contribution in [3.05, 3.63) is 41.2 Å². The standard InChI is InChI=1S/C16H21N3OS/c1-2-8-17-14(15-11-18-21-19-15)5-3-12-4-6-16-13(10-12)7-9-20-16/h4,6,10-11,14,17H,2-3,5,7-9H2,1H3. The van der Waals surface area contributed by atoms with Crippen molar-refractivity contribution in [1.82, 2.24) is 14.1 Å². The highest BCUT2D eigenvalue weighted by Crippen LogP contribution is 2.27. The van der Waals surface area contributed by atoms with Crippen molar-refractivity contribution in [3.63, 3.8) is 0 Å². The molecular weight excluding hydrogens is 282 g/mol. The number of hydrogen-bond acceptors (Lipinski definition) is 5. The Kier molecular flexibility index (Phi) is 4.83. The number of rotatable bonds is 7. The molecule has 2 heterocycles. The molecule has 4 nitrogen and oxygen atoms in total. The van der Waals surface area contributed by atoms with Crippen LogP contribution >= 0.6 is 11.7 Å². The zero-order chi connectivity index (χ0) is 14.5. The molecule has 0 spiro atoms. The van der Waals surface area contributed by atoms with Gasteiger partial charge in [-0.3, -0.25) is 0 Å². The van der Waals surface area contributed by atoms with Crippen molar-refractivity contribution in [2.24, 2.45) is 0 Å². The molecule has 1 aromatic heterocycles. The highest BCUT2D eigenvalue weighted by Gasteiger charge is 2.15. The topological polar surface area (TPSA) is 47.0 Å². The molecule has 1 N–H and O–H groups in total. The van der Waals surface area contributed by atoms with Crippen molar-refractivity contribution >= 4 is 11.7 Å². The molecule has 0 fully saturated rings. The summed E-state index contributed by atoms with van der Waals surface area (Å²) in [6.45, 7) is 4.02. The van der Waals surface area contributed by atoms with Crippen LogP contribution in [0.5, 0.6) is 5.75 Å². The maximum absolute atomic E-state index is 5.56. The lowest BCUT2D eigenvalue weighted by atomic mass is 10.0. The summed E-state index contributed by atoms with van der Waals surface area (Å²) in [4.78, 5) is 0. The van der Waals surface area contributed by atoms with Crippen LogP contribution in [0.4, 0.5) is 0 Å². The van der Waals surface area contributed by atoms with E-state index in [4.69, 9.17) is 4.74 Å². The Morgan fingerprint density at radius 2 is 2.38 bits per heavy atom. The molecule has 0 saturated heterocycles. The van der Waals surface area contributed by atoms with Crippen LogP contribution in [0.2, 0.25) is 0 Å². The molecule has 1 unspecified atom stereocenters. The third kappa shape index (κ3) is 3.60. The van der Waals surface area contributed by atoms with E-state index in [0.717, 1.165) is 50.3 Å². The third-order valence-electron chi connectivity index (χ3n) is 3.85. The second kappa shape index (κ2) is 7.00. The maximum Gasteiger partial charge on any atom is 0.122 e. The summed E-state index contributed by atoms with van der Waals surface area (Å²) in [5.41, 5.74) is 3.80. The van der Waals surface area contributed by atoms with Gasteiger partial charge < -0.3 is 10.1 Å². The molecule has 0 amide bonds. The number of aryl methyl sites for hydroxylation is 1. The second-order valence-corrected chi connectivity index (χ2v) is 5.97. The first kappa shape index (κ1) is 14.5. The number of benzene rings is 1. The third-order valence-corrected chi connectivity index (χ3v) is 4.34. The normalized spacial score (nSPS) is 14.7. The molecule has 1 aliphatic rings. The molecule has 1 atom stereocenters. The van der Waals surface area contributed by atoms with E-state index < -0.39 is 0 Å². The van der Waals surface area contributed by atoms with Gasteiger partial charge in [0.25, 0.3) is 0 Å².